The molecule has 0 aromatic heterocycles. The topological polar surface area (TPSA) is 37.3 Å². The fourth-order valence-electron chi connectivity index (χ4n) is 1.21. The first-order valence-corrected chi connectivity index (χ1v) is 4.48. The molecule has 0 bridgehead atoms. The number of carbonyl (C=O) groups is 1. The zero-order valence-electron chi connectivity index (χ0n) is 8.31. The molecule has 0 fully saturated rings. The van der Waals surface area contributed by atoms with Gasteiger partial charge in [-0.05, 0) is 23.3 Å². The highest BCUT2D eigenvalue weighted by molar-refractivity contribution is 5.88. The van der Waals surface area contributed by atoms with Crippen molar-refractivity contribution in [1.29, 1.82) is 0 Å². The average Bonchev–Trinajstić information content (AvgIpc) is 2.26. The number of benzene rings is 1. The molecule has 2 heteroatoms. The molecule has 76 valence electrons. The van der Waals surface area contributed by atoms with Crippen LogP contribution >= 0.6 is 0 Å². The van der Waals surface area contributed by atoms with Crippen molar-refractivity contribution in [2.24, 2.45) is 0 Å². The zero-order valence-corrected chi connectivity index (χ0v) is 8.31. The molecule has 0 radical (unpaired) electrons. The van der Waals surface area contributed by atoms with Crippen LogP contribution in [0, 0.1) is 0 Å². The first kappa shape index (κ1) is 11.0. The lowest BCUT2D eigenvalue weighted by Crippen LogP contribution is -1.95. The largest absolute Gasteiger partial charge is 0.478 e. The Hall–Kier alpha value is -2.09. The second-order valence-corrected chi connectivity index (χ2v) is 2.94. The van der Waals surface area contributed by atoms with Crippen molar-refractivity contribution in [2.75, 3.05) is 0 Å². The van der Waals surface area contributed by atoms with Crippen molar-refractivity contribution >= 4 is 11.5 Å². The van der Waals surface area contributed by atoms with Gasteiger partial charge in [0.05, 0.1) is 5.56 Å². The fraction of sp³-hybridized carbons (Fsp3) is 0. The predicted octanol–water partition coefficient (Wildman–Crippen LogP) is 3.14. The summed E-state index contributed by atoms with van der Waals surface area (Å²) in [5, 5.41) is 8.72. The van der Waals surface area contributed by atoms with Gasteiger partial charge in [-0.15, -0.1) is 0 Å². The van der Waals surface area contributed by atoms with Crippen LogP contribution in [-0.2, 0) is 0 Å². The Labute approximate surface area is 88.9 Å². The van der Waals surface area contributed by atoms with Gasteiger partial charge in [0.2, 0.25) is 0 Å². The van der Waals surface area contributed by atoms with Gasteiger partial charge in [-0.1, -0.05) is 43.5 Å². The lowest BCUT2D eigenvalue weighted by atomic mass is 10.0. The molecule has 0 spiro atoms. The molecule has 15 heavy (non-hydrogen) atoms. The van der Waals surface area contributed by atoms with Gasteiger partial charge in [0.1, 0.15) is 0 Å². The second kappa shape index (κ2) is 4.96. The first-order valence-electron chi connectivity index (χ1n) is 4.48. The van der Waals surface area contributed by atoms with Gasteiger partial charge in [0.25, 0.3) is 0 Å². The highest BCUT2D eigenvalue weighted by Crippen LogP contribution is 2.16. The number of hydrogen-bond acceptors (Lipinski definition) is 1. The molecular formula is C13H12O2. The number of hydrogen-bond donors (Lipinski definition) is 1. The fourth-order valence-corrected chi connectivity index (χ4v) is 1.21. The van der Waals surface area contributed by atoms with E-state index in [4.69, 9.17) is 5.11 Å². The number of rotatable bonds is 4. The molecule has 0 saturated heterocycles. The van der Waals surface area contributed by atoms with Gasteiger partial charge in [0.15, 0.2) is 0 Å². The monoisotopic (exact) mass is 200 g/mol. The minimum absolute atomic E-state index is 0.278. The molecule has 0 unspecified atom stereocenters. The van der Waals surface area contributed by atoms with Crippen LogP contribution < -0.4 is 0 Å². The van der Waals surface area contributed by atoms with Gasteiger partial charge in [-0.2, -0.15) is 0 Å². The summed E-state index contributed by atoms with van der Waals surface area (Å²) in [6, 6.07) is 6.64. The van der Waals surface area contributed by atoms with E-state index < -0.39 is 5.97 Å². The van der Waals surface area contributed by atoms with E-state index in [-0.39, 0.29) is 5.56 Å². The Bertz CT molecular complexity index is 411. The Balaban J connectivity index is 3.07. The quantitative estimate of drug-likeness (QED) is 0.758. The number of carboxylic acid groups (broad SMARTS) is 1. The normalized spacial score (nSPS) is 10.8. The minimum Gasteiger partial charge on any atom is -0.478 e. The molecule has 1 aromatic carbocycles. The van der Waals surface area contributed by atoms with Crippen LogP contribution in [-0.4, -0.2) is 11.1 Å². The maximum absolute atomic E-state index is 10.6. The van der Waals surface area contributed by atoms with Gasteiger partial charge in [-0.3, -0.25) is 0 Å². The Morgan fingerprint density at radius 3 is 2.07 bits per heavy atom. The third-order valence-corrected chi connectivity index (χ3v) is 1.98. The molecule has 0 atom stereocenters. The van der Waals surface area contributed by atoms with E-state index >= 15 is 0 Å². The summed E-state index contributed by atoms with van der Waals surface area (Å²) in [6.07, 6.45) is 5.20. The van der Waals surface area contributed by atoms with Crippen LogP contribution in [0.3, 0.4) is 0 Å². The Kier molecular flexibility index (Phi) is 3.63. The molecule has 1 N–H and O–H groups in total. The van der Waals surface area contributed by atoms with Crippen molar-refractivity contribution < 1.29 is 9.90 Å². The zero-order chi connectivity index (χ0) is 11.3. The number of carboxylic acids is 1. The van der Waals surface area contributed by atoms with Crippen LogP contribution in [0.2, 0.25) is 0 Å². The predicted molar refractivity (Wildman–Crippen MR) is 61.8 cm³/mol. The molecule has 1 aromatic rings. The molecule has 0 aliphatic heterocycles. The van der Waals surface area contributed by atoms with Crippen molar-refractivity contribution in [3.63, 3.8) is 0 Å². The first-order chi connectivity index (χ1) is 7.19. The van der Waals surface area contributed by atoms with E-state index in [1.54, 1.807) is 36.4 Å². The number of aromatic carboxylic acids is 1. The highest BCUT2D eigenvalue weighted by Gasteiger charge is 2.02. The molecule has 1 rings (SSSR count). The summed E-state index contributed by atoms with van der Waals surface area (Å²) in [4.78, 5) is 10.6. The second-order valence-electron chi connectivity index (χ2n) is 2.94. The lowest BCUT2D eigenvalue weighted by molar-refractivity contribution is 0.0697. The maximum atomic E-state index is 10.6. The molecule has 0 heterocycles. The van der Waals surface area contributed by atoms with Crippen LogP contribution in [0.15, 0.2) is 55.7 Å². The number of allylic oxidation sites excluding steroid dienone is 4. The average molecular weight is 200 g/mol. The summed E-state index contributed by atoms with van der Waals surface area (Å²) in [5.74, 6) is -0.922. The van der Waals surface area contributed by atoms with Crippen molar-refractivity contribution in [2.45, 2.75) is 0 Å². The van der Waals surface area contributed by atoms with Gasteiger partial charge in [0, 0.05) is 0 Å². The minimum atomic E-state index is -0.922. The molecule has 2 nitrogen and oxygen atoms in total. The van der Waals surface area contributed by atoms with Gasteiger partial charge in [-0.25, -0.2) is 4.79 Å². The van der Waals surface area contributed by atoms with Crippen LogP contribution in [0.25, 0.3) is 5.57 Å². The van der Waals surface area contributed by atoms with E-state index in [9.17, 15) is 4.79 Å². The standard InChI is InChI=1S/C13H12O2/c1-3-5-10(4-2)11-6-8-12(9-7-11)13(14)15/h3-9H,1-2H2,(H,14,15)/b10-5+. The summed E-state index contributed by atoms with van der Waals surface area (Å²) >= 11 is 0. The van der Waals surface area contributed by atoms with E-state index in [1.807, 2.05) is 6.08 Å². The third-order valence-electron chi connectivity index (χ3n) is 1.98. The molecule has 0 aliphatic carbocycles. The molecule has 0 aliphatic rings. The molecule has 0 amide bonds. The maximum Gasteiger partial charge on any atom is 0.335 e. The summed E-state index contributed by atoms with van der Waals surface area (Å²) in [5.41, 5.74) is 2.12. The van der Waals surface area contributed by atoms with Crippen molar-refractivity contribution in [3.05, 3.63) is 66.8 Å². The smallest absolute Gasteiger partial charge is 0.335 e. The lowest BCUT2D eigenvalue weighted by Gasteiger charge is -2.01. The van der Waals surface area contributed by atoms with Crippen LogP contribution in [0.5, 0.6) is 0 Å². The third kappa shape index (κ3) is 2.68. The van der Waals surface area contributed by atoms with E-state index in [0.29, 0.717) is 0 Å². The summed E-state index contributed by atoms with van der Waals surface area (Å²) in [7, 11) is 0. The van der Waals surface area contributed by atoms with E-state index in [0.717, 1.165) is 11.1 Å². The summed E-state index contributed by atoms with van der Waals surface area (Å²) < 4.78 is 0. The SMILES string of the molecule is C=C/C=C(\C=C)c1ccc(C(=O)O)cc1. The van der Waals surface area contributed by atoms with Gasteiger partial charge < -0.3 is 5.11 Å². The summed E-state index contributed by atoms with van der Waals surface area (Å²) in [6.45, 7) is 7.28. The van der Waals surface area contributed by atoms with Crippen LogP contribution in [0.4, 0.5) is 0 Å². The van der Waals surface area contributed by atoms with Gasteiger partial charge >= 0.3 is 5.97 Å². The Morgan fingerprint density at radius 2 is 1.67 bits per heavy atom. The molecule has 0 saturated carbocycles. The van der Waals surface area contributed by atoms with Crippen LogP contribution in [0.1, 0.15) is 15.9 Å². The van der Waals surface area contributed by atoms with E-state index in [1.165, 1.54) is 0 Å². The highest BCUT2D eigenvalue weighted by atomic mass is 16.4. The molecular weight excluding hydrogens is 188 g/mol. The van der Waals surface area contributed by atoms with E-state index in [2.05, 4.69) is 13.2 Å². The Morgan fingerprint density at radius 1 is 1.13 bits per heavy atom. The van der Waals surface area contributed by atoms with Crippen molar-refractivity contribution in [1.82, 2.24) is 0 Å². The van der Waals surface area contributed by atoms with Crippen molar-refractivity contribution in [3.8, 4) is 0 Å².